The summed E-state index contributed by atoms with van der Waals surface area (Å²) < 4.78 is 2.23. The Balaban J connectivity index is 2.10. The average molecular weight is 268 g/mol. The van der Waals surface area contributed by atoms with Gasteiger partial charge in [0, 0.05) is 29.1 Å². The normalized spacial score (nSPS) is 27.4. The Bertz CT molecular complexity index is 773. The first-order chi connectivity index (χ1) is 9.26. The third-order valence-corrected chi connectivity index (χ3v) is 6.75. The first kappa shape index (κ1) is 11.4. The molecule has 1 fully saturated rings. The molecule has 96 valence electrons. The molecular formula is C16H17N2P. The van der Waals surface area contributed by atoms with Gasteiger partial charge in [0.1, 0.15) is 0 Å². The molecule has 0 aromatic carbocycles. The van der Waals surface area contributed by atoms with Crippen LogP contribution < -0.4 is 0 Å². The first-order valence-electron chi connectivity index (χ1n) is 6.89. The Morgan fingerprint density at radius 2 is 2.11 bits per heavy atom. The van der Waals surface area contributed by atoms with Gasteiger partial charge in [0.05, 0.1) is 11.0 Å². The van der Waals surface area contributed by atoms with Crippen LogP contribution in [0.3, 0.4) is 0 Å². The number of aromatic nitrogens is 2. The van der Waals surface area contributed by atoms with Crippen molar-refractivity contribution in [2.75, 3.05) is 0 Å². The van der Waals surface area contributed by atoms with Crippen LogP contribution in [-0.4, -0.2) is 15.0 Å². The van der Waals surface area contributed by atoms with Gasteiger partial charge in [-0.15, -0.1) is 8.58 Å². The van der Waals surface area contributed by atoms with Crippen molar-refractivity contribution < 1.29 is 0 Å². The van der Waals surface area contributed by atoms with Gasteiger partial charge in [-0.1, -0.05) is 19.9 Å². The van der Waals surface area contributed by atoms with Gasteiger partial charge in [0.25, 0.3) is 0 Å². The molecule has 3 aromatic rings. The third-order valence-electron chi connectivity index (χ3n) is 4.56. The maximum absolute atomic E-state index is 4.63. The molecule has 0 radical (unpaired) electrons. The van der Waals surface area contributed by atoms with E-state index in [0.29, 0.717) is 5.16 Å². The molecule has 1 aliphatic rings. The van der Waals surface area contributed by atoms with Crippen LogP contribution in [-0.2, 0) is 5.16 Å². The molecule has 0 N–H and O–H groups in total. The molecule has 0 bridgehead atoms. The van der Waals surface area contributed by atoms with E-state index in [1.165, 1.54) is 22.9 Å². The summed E-state index contributed by atoms with van der Waals surface area (Å²) >= 11 is 0. The lowest BCUT2D eigenvalue weighted by atomic mass is 9.94. The van der Waals surface area contributed by atoms with E-state index in [4.69, 9.17) is 0 Å². The quantitative estimate of drug-likeness (QED) is 0.637. The van der Waals surface area contributed by atoms with Gasteiger partial charge in [0.2, 0.25) is 0 Å². The number of hydrogen-bond donors (Lipinski definition) is 0. The van der Waals surface area contributed by atoms with E-state index in [2.05, 4.69) is 53.8 Å². The molecule has 0 aliphatic carbocycles. The summed E-state index contributed by atoms with van der Waals surface area (Å²) in [5.41, 5.74) is 4.78. The van der Waals surface area contributed by atoms with Crippen LogP contribution in [0.5, 0.6) is 0 Å². The SMILES string of the molecule is CCC1(c2ccn3ccc4cccnc4c23)PC1C. The van der Waals surface area contributed by atoms with Crippen molar-refractivity contribution >= 4 is 25.0 Å². The number of nitrogens with zero attached hydrogens (tertiary/aromatic N) is 2. The van der Waals surface area contributed by atoms with Crippen LogP contribution in [0.1, 0.15) is 25.8 Å². The highest BCUT2D eigenvalue weighted by atomic mass is 31.1. The van der Waals surface area contributed by atoms with Crippen molar-refractivity contribution in [3.8, 4) is 0 Å². The molecule has 0 amide bonds. The Kier molecular flexibility index (Phi) is 2.29. The highest BCUT2D eigenvalue weighted by Gasteiger charge is 2.52. The van der Waals surface area contributed by atoms with Crippen molar-refractivity contribution in [2.45, 2.75) is 31.1 Å². The van der Waals surface area contributed by atoms with E-state index < -0.39 is 0 Å². The average Bonchev–Trinajstić information content (AvgIpc) is 2.93. The summed E-state index contributed by atoms with van der Waals surface area (Å²) in [6.45, 7) is 4.70. The lowest BCUT2D eigenvalue weighted by Crippen LogP contribution is -2.08. The van der Waals surface area contributed by atoms with Crippen LogP contribution in [0.4, 0.5) is 0 Å². The second-order valence-electron chi connectivity index (χ2n) is 5.43. The Morgan fingerprint density at radius 3 is 2.84 bits per heavy atom. The van der Waals surface area contributed by atoms with Crippen molar-refractivity contribution in [3.63, 3.8) is 0 Å². The molecule has 3 unspecified atom stereocenters. The second kappa shape index (κ2) is 3.80. The van der Waals surface area contributed by atoms with E-state index >= 15 is 0 Å². The minimum Gasteiger partial charge on any atom is -0.322 e. The zero-order valence-electron chi connectivity index (χ0n) is 11.2. The van der Waals surface area contributed by atoms with Crippen LogP contribution in [0, 0.1) is 0 Å². The van der Waals surface area contributed by atoms with Crippen molar-refractivity contribution in [1.29, 1.82) is 0 Å². The van der Waals surface area contributed by atoms with Crippen LogP contribution >= 0.6 is 8.58 Å². The predicted octanol–water partition coefficient (Wildman–Crippen LogP) is 4.17. The number of rotatable bonds is 2. The van der Waals surface area contributed by atoms with E-state index in [1.807, 2.05) is 12.3 Å². The summed E-state index contributed by atoms with van der Waals surface area (Å²) in [6.07, 6.45) is 7.47. The van der Waals surface area contributed by atoms with Gasteiger partial charge in [-0.25, -0.2) is 0 Å². The fraction of sp³-hybridized carbons (Fsp3) is 0.312. The minimum atomic E-state index is 0.417. The number of fused-ring (bicyclic) bond motifs is 3. The summed E-state index contributed by atoms with van der Waals surface area (Å²) in [5, 5.41) is 1.65. The summed E-state index contributed by atoms with van der Waals surface area (Å²) in [6, 6.07) is 8.62. The van der Waals surface area contributed by atoms with Gasteiger partial charge in [-0.3, -0.25) is 4.98 Å². The molecule has 3 aromatic heterocycles. The Morgan fingerprint density at radius 1 is 1.32 bits per heavy atom. The summed E-state index contributed by atoms with van der Waals surface area (Å²) in [4.78, 5) is 4.63. The fourth-order valence-corrected chi connectivity index (χ4v) is 4.96. The molecule has 3 atom stereocenters. The molecule has 4 heterocycles. The van der Waals surface area contributed by atoms with Crippen molar-refractivity contribution in [3.05, 3.63) is 48.4 Å². The first-order valence-corrected chi connectivity index (χ1v) is 7.96. The standard InChI is InChI=1S/C16H17N2P/c1-3-16(11(2)19-16)13-7-10-18-9-6-12-5-4-8-17-14(12)15(13)18/h4-11,19H,3H2,1-2H3. The van der Waals surface area contributed by atoms with E-state index in [0.717, 1.165) is 19.8 Å². The van der Waals surface area contributed by atoms with Crippen LogP contribution in [0.15, 0.2) is 42.9 Å². The molecule has 0 saturated carbocycles. The number of hydrogen-bond acceptors (Lipinski definition) is 1. The lowest BCUT2D eigenvalue weighted by Gasteiger charge is -2.13. The van der Waals surface area contributed by atoms with Gasteiger partial charge < -0.3 is 4.40 Å². The van der Waals surface area contributed by atoms with Crippen molar-refractivity contribution in [2.24, 2.45) is 0 Å². The molecule has 0 spiro atoms. The third kappa shape index (κ3) is 1.44. The molecule has 3 heteroatoms. The zero-order valence-corrected chi connectivity index (χ0v) is 12.2. The van der Waals surface area contributed by atoms with E-state index in [-0.39, 0.29) is 0 Å². The topological polar surface area (TPSA) is 17.3 Å². The summed E-state index contributed by atoms with van der Waals surface area (Å²) in [5.74, 6) is 0. The van der Waals surface area contributed by atoms with Gasteiger partial charge >= 0.3 is 0 Å². The Labute approximate surface area is 114 Å². The maximum atomic E-state index is 4.63. The zero-order chi connectivity index (χ0) is 13.0. The molecule has 19 heavy (non-hydrogen) atoms. The largest absolute Gasteiger partial charge is 0.322 e. The highest BCUT2D eigenvalue weighted by Crippen LogP contribution is 2.69. The molecule has 2 nitrogen and oxygen atoms in total. The lowest BCUT2D eigenvalue weighted by molar-refractivity contribution is 0.681. The highest BCUT2D eigenvalue weighted by molar-refractivity contribution is 7.49. The van der Waals surface area contributed by atoms with Gasteiger partial charge in [-0.05, 0) is 35.8 Å². The monoisotopic (exact) mass is 268 g/mol. The van der Waals surface area contributed by atoms with E-state index in [1.54, 1.807) is 0 Å². The predicted molar refractivity (Wildman–Crippen MR) is 82.4 cm³/mol. The van der Waals surface area contributed by atoms with Gasteiger partial charge in [-0.2, -0.15) is 0 Å². The molecule has 1 aliphatic heterocycles. The fourth-order valence-electron chi connectivity index (χ4n) is 3.35. The van der Waals surface area contributed by atoms with Crippen LogP contribution in [0.25, 0.3) is 16.4 Å². The summed E-state index contributed by atoms with van der Waals surface area (Å²) in [7, 11) is 1.06. The molecule has 1 saturated heterocycles. The second-order valence-corrected chi connectivity index (χ2v) is 7.48. The Hall–Kier alpha value is -1.40. The van der Waals surface area contributed by atoms with E-state index in [9.17, 15) is 0 Å². The minimum absolute atomic E-state index is 0.417. The van der Waals surface area contributed by atoms with Crippen molar-refractivity contribution in [1.82, 2.24) is 9.38 Å². The molecular weight excluding hydrogens is 251 g/mol. The van der Waals surface area contributed by atoms with Crippen LogP contribution in [0.2, 0.25) is 0 Å². The smallest absolute Gasteiger partial charge is 0.0945 e. The maximum Gasteiger partial charge on any atom is 0.0945 e. The van der Waals surface area contributed by atoms with Gasteiger partial charge in [0.15, 0.2) is 0 Å². The molecule has 4 rings (SSSR count). The number of pyridine rings is 2.